The third-order valence-electron chi connectivity index (χ3n) is 6.10. The van der Waals surface area contributed by atoms with Crippen LogP contribution in [0.1, 0.15) is 90.9 Å². The molecule has 3 rings (SSSR count). The van der Waals surface area contributed by atoms with Crippen LogP contribution >= 0.6 is 0 Å². The highest BCUT2D eigenvalue weighted by Crippen LogP contribution is 2.55. The number of unbranched alkanes of at least 4 members (excludes halogenated alkanes) is 5. The van der Waals surface area contributed by atoms with Crippen LogP contribution in [0.4, 0.5) is 0 Å². The lowest BCUT2D eigenvalue weighted by molar-refractivity contribution is 0.216. The summed E-state index contributed by atoms with van der Waals surface area (Å²) in [5, 5.41) is 0. The first-order valence-electron chi connectivity index (χ1n) is 10.2. The average Bonchev–Trinajstić information content (AvgIpc) is 3.17. The summed E-state index contributed by atoms with van der Waals surface area (Å²) in [5.74, 6) is 4.49. The first-order valence-corrected chi connectivity index (χ1v) is 10.2. The second-order valence-corrected chi connectivity index (χ2v) is 7.71. The second-order valence-electron chi connectivity index (χ2n) is 7.71. The van der Waals surface area contributed by atoms with Gasteiger partial charge >= 0.3 is 0 Å². The molecular formula is C22H38. The largest absolute Gasteiger partial charge is 0.0885 e. The minimum absolute atomic E-state index is 1.11. The van der Waals surface area contributed by atoms with Gasteiger partial charge in [0.25, 0.3) is 0 Å². The summed E-state index contributed by atoms with van der Waals surface area (Å²) in [6.07, 6.45) is 26.4. The second kappa shape index (κ2) is 10.3. The SMILES string of the molecule is C1=CCC2C3CCC(C3)C2C1.CCCC=CCCCCCC. The molecule has 4 unspecified atom stereocenters. The number of hydrogen-bond donors (Lipinski definition) is 0. The standard InChI is InChI=1S/C11H16.C11H22/c1-2-4-11-9-6-5-8(7-9)10(11)3-1;1-3-5-7-9-11-10-8-6-4-2/h1-2,8-11H,3-7H2;7,9H,3-6,8,10-11H2,1-2H3. The van der Waals surface area contributed by atoms with Crippen LogP contribution < -0.4 is 0 Å². The van der Waals surface area contributed by atoms with E-state index in [1.165, 1.54) is 57.8 Å². The molecule has 126 valence electrons. The van der Waals surface area contributed by atoms with E-state index in [1.54, 1.807) is 19.3 Å². The molecule has 0 spiro atoms. The maximum Gasteiger partial charge on any atom is -0.0317 e. The average molecular weight is 303 g/mol. The van der Waals surface area contributed by atoms with Crippen LogP contribution in [0.3, 0.4) is 0 Å². The van der Waals surface area contributed by atoms with E-state index in [1.807, 2.05) is 0 Å². The Bertz CT molecular complexity index is 318. The van der Waals surface area contributed by atoms with Crippen LogP contribution in [0.5, 0.6) is 0 Å². The lowest BCUT2D eigenvalue weighted by Gasteiger charge is -2.32. The van der Waals surface area contributed by atoms with Gasteiger partial charge in [-0.25, -0.2) is 0 Å². The van der Waals surface area contributed by atoms with Gasteiger partial charge < -0.3 is 0 Å². The fraction of sp³-hybridized carbons (Fsp3) is 0.818. The van der Waals surface area contributed by atoms with Crippen LogP contribution in [0.15, 0.2) is 24.3 Å². The lowest BCUT2D eigenvalue weighted by atomic mass is 9.73. The highest BCUT2D eigenvalue weighted by Gasteiger charge is 2.46. The van der Waals surface area contributed by atoms with Gasteiger partial charge in [-0.3, -0.25) is 0 Å². The summed E-state index contributed by atoms with van der Waals surface area (Å²) in [7, 11) is 0. The molecule has 0 heterocycles. The third-order valence-corrected chi connectivity index (χ3v) is 6.10. The maximum atomic E-state index is 2.42. The Morgan fingerprint density at radius 2 is 1.41 bits per heavy atom. The molecule has 3 aliphatic rings. The summed E-state index contributed by atoms with van der Waals surface area (Å²) in [4.78, 5) is 0. The van der Waals surface area contributed by atoms with Gasteiger partial charge in [-0.2, -0.15) is 0 Å². The van der Waals surface area contributed by atoms with E-state index < -0.39 is 0 Å². The van der Waals surface area contributed by atoms with E-state index in [2.05, 4.69) is 38.2 Å². The molecule has 0 nitrogen and oxygen atoms in total. The maximum absolute atomic E-state index is 2.42. The number of allylic oxidation sites excluding steroid dienone is 4. The molecule has 0 N–H and O–H groups in total. The van der Waals surface area contributed by atoms with E-state index >= 15 is 0 Å². The molecule has 2 fully saturated rings. The van der Waals surface area contributed by atoms with Gasteiger partial charge in [-0.1, -0.05) is 63.8 Å². The van der Waals surface area contributed by atoms with Crippen molar-refractivity contribution >= 4 is 0 Å². The Balaban J connectivity index is 0.000000160. The van der Waals surface area contributed by atoms with E-state index in [9.17, 15) is 0 Å². The third kappa shape index (κ3) is 5.28. The summed E-state index contributed by atoms with van der Waals surface area (Å²) in [6, 6.07) is 0. The van der Waals surface area contributed by atoms with Gasteiger partial charge in [0.05, 0.1) is 0 Å². The van der Waals surface area contributed by atoms with Gasteiger partial charge in [0.2, 0.25) is 0 Å². The molecule has 0 aromatic rings. The number of fused-ring (bicyclic) bond motifs is 5. The highest BCUT2D eigenvalue weighted by molar-refractivity contribution is 5.05. The highest BCUT2D eigenvalue weighted by atomic mass is 14.5. The monoisotopic (exact) mass is 302 g/mol. The van der Waals surface area contributed by atoms with Crippen molar-refractivity contribution in [1.82, 2.24) is 0 Å². The van der Waals surface area contributed by atoms with Crippen LogP contribution in [0.2, 0.25) is 0 Å². The van der Waals surface area contributed by atoms with Crippen LogP contribution in [0, 0.1) is 23.7 Å². The molecule has 0 radical (unpaired) electrons. The van der Waals surface area contributed by atoms with Crippen molar-refractivity contribution in [3.8, 4) is 0 Å². The van der Waals surface area contributed by atoms with Crippen LogP contribution in [-0.2, 0) is 0 Å². The zero-order chi connectivity index (χ0) is 15.6. The van der Waals surface area contributed by atoms with E-state index in [0.717, 1.165) is 23.7 Å². The normalized spacial score (nSPS) is 32.1. The molecule has 0 amide bonds. The van der Waals surface area contributed by atoms with E-state index in [0.29, 0.717) is 0 Å². The summed E-state index contributed by atoms with van der Waals surface area (Å²) in [6.45, 7) is 4.48. The minimum atomic E-state index is 1.11. The summed E-state index contributed by atoms with van der Waals surface area (Å²) < 4.78 is 0. The van der Waals surface area contributed by atoms with Gasteiger partial charge in [-0.15, -0.1) is 0 Å². The number of hydrogen-bond acceptors (Lipinski definition) is 0. The van der Waals surface area contributed by atoms with Crippen molar-refractivity contribution in [2.75, 3.05) is 0 Å². The Labute approximate surface area is 139 Å². The molecular weight excluding hydrogens is 264 g/mol. The van der Waals surface area contributed by atoms with Crippen molar-refractivity contribution < 1.29 is 0 Å². The summed E-state index contributed by atoms with van der Waals surface area (Å²) >= 11 is 0. The molecule has 4 atom stereocenters. The Morgan fingerprint density at radius 3 is 2.00 bits per heavy atom. The molecule has 0 aliphatic heterocycles. The van der Waals surface area contributed by atoms with Gasteiger partial charge in [0, 0.05) is 0 Å². The van der Waals surface area contributed by atoms with Crippen molar-refractivity contribution in [3.05, 3.63) is 24.3 Å². The minimum Gasteiger partial charge on any atom is -0.0885 e. The number of rotatable bonds is 7. The van der Waals surface area contributed by atoms with Gasteiger partial charge in [-0.05, 0) is 75.0 Å². The van der Waals surface area contributed by atoms with E-state index in [4.69, 9.17) is 0 Å². The van der Waals surface area contributed by atoms with Crippen molar-refractivity contribution in [2.24, 2.45) is 23.7 Å². The van der Waals surface area contributed by atoms with E-state index in [-0.39, 0.29) is 0 Å². The zero-order valence-electron chi connectivity index (χ0n) is 15.1. The molecule has 0 aromatic carbocycles. The quantitative estimate of drug-likeness (QED) is 0.341. The van der Waals surface area contributed by atoms with Crippen LogP contribution in [-0.4, -0.2) is 0 Å². The van der Waals surface area contributed by atoms with Crippen molar-refractivity contribution in [1.29, 1.82) is 0 Å². The zero-order valence-corrected chi connectivity index (χ0v) is 15.1. The van der Waals surface area contributed by atoms with Crippen molar-refractivity contribution in [3.63, 3.8) is 0 Å². The fourth-order valence-corrected chi connectivity index (χ4v) is 4.86. The Morgan fingerprint density at radius 1 is 0.773 bits per heavy atom. The lowest BCUT2D eigenvalue weighted by Crippen LogP contribution is -2.23. The smallest absolute Gasteiger partial charge is 0.0317 e. The molecule has 0 heteroatoms. The molecule has 0 aromatic heterocycles. The van der Waals surface area contributed by atoms with Gasteiger partial charge in [0.1, 0.15) is 0 Å². The topological polar surface area (TPSA) is 0 Å². The predicted molar refractivity (Wildman–Crippen MR) is 99.0 cm³/mol. The molecule has 3 aliphatic carbocycles. The molecule has 22 heavy (non-hydrogen) atoms. The van der Waals surface area contributed by atoms with Crippen LogP contribution in [0.25, 0.3) is 0 Å². The molecule has 2 saturated carbocycles. The first-order chi connectivity index (χ1) is 10.9. The predicted octanol–water partition coefficient (Wildman–Crippen LogP) is 7.31. The summed E-state index contributed by atoms with van der Waals surface area (Å²) in [5.41, 5.74) is 0. The first kappa shape index (κ1) is 17.8. The van der Waals surface area contributed by atoms with Crippen molar-refractivity contribution in [2.45, 2.75) is 90.9 Å². The molecule has 0 saturated heterocycles. The molecule has 2 bridgehead atoms. The Hall–Kier alpha value is -0.520. The Kier molecular flexibility index (Phi) is 8.34. The fourth-order valence-electron chi connectivity index (χ4n) is 4.86. The van der Waals surface area contributed by atoms with Gasteiger partial charge in [0.15, 0.2) is 0 Å².